The molecular formula is C13H10N2O3. The zero-order valence-electron chi connectivity index (χ0n) is 9.33. The molecule has 0 fully saturated rings. The molecule has 0 saturated heterocycles. The Morgan fingerprint density at radius 1 is 1.11 bits per heavy atom. The number of benzene rings is 1. The predicted molar refractivity (Wildman–Crippen MR) is 65.2 cm³/mol. The Bertz CT molecular complexity index is 606. The number of nitrogens with zero attached hydrogens (tertiary/aromatic N) is 1. The molecule has 1 amide bonds. The second-order valence-electron chi connectivity index (χ2n) is 3.68. The number of hydrogen-bond acceptors (Lipinski definition) is 3. The topological polar surface area (TPSA) is 93.3 Å². The molecule has 0 aliphatic rings. The molecule has 0 spiro atoms. The quantitative estimate of drug-likeness (QED) is 0.853. The van der Waals surface area contributed by atoms with Crippen LogP contribution in [0.1, 0.15) is 20.7 Å². The van der Waals surface area contributed by atoms with Gasteiger partial charge in [-0.3, -0.25) is 9.78 Å². The van der Waals surface area contributed by atoms with Crippen LogP contribution >= 0.6 is 0 Å². The Kier molecular flexibility index (Phi) is 3.05. The summed E-state index contributed by atoms with van der Waals surface area (Å²) < 4.78 is 0. The zero-order valence-corrected chi connectivity index (χ0v) is 9.33. The lowest BCUT2D eigenvalue weighted by atomic mass is 10.1. The van der Waals surface area contributed by atoms with E-state index in [0.29, 0.717) is 16.8 Å². The Balaban J connectivity index is 2.39. The first-order valence-corrected chi connectivity index (χ1v) is 5.17. The number of aromatic nitrogens is 1. The number of rotatable bonds is 3. The van der Waals surface area contributed by atoms with Gasteiger partial charge >= 0.3 is 5.97 Å². The van der Waals surface area contributed by atoms with Crippen LogP contribution in [-0.4, -0.2) is 22.0 Å². The number of pyridine rings is 1. The van der Waals surface area contributed by atoms with E-state index < -0.39 is 11.9 Å². The number of aromatic carboxylic acids is 1. The van der Waals surface area contributed by atoms with Gasteiger partial charge in [-0.15, -0.1) is 0 Å². The largest absolute Gasteiger partial charge is 0.478 e. The van der Waals surface area contributed by atoms with Gasteiger partial charge in [0.2, 0.25) is 5.91 Å². The van der Waals surface area contributed by atoms with Crippen molar-refractivity contribution in [2.45, 2.75) is 0 Å². The predicted octanol–water partition coefficient (Wildman–Crippen LogP) is 1.55. The Morgan fingerprint density at radius 3 is 2.44 bits per heavy atom. The minimum absolute atomic E-state index is 0.116. The van der Waals surface area contributed by atoms with Gasteiger partial charge in [0.25, 0.3) is 0 Å². The van der Waals surface area contributed by atoms with Crippen LogP contribution in [0.15, 0.2) is 42.6 Å². The smallest absolute Gasteiger partial charge is 0.337 e. The fourth-order valence-corrected chi connectivity index (χ4v) is 1.52. The van der Waals surface area contributed by atoms with E-state index in [-0.39, 0.29) is 5.56 Å². The standard InChI is InChI=1S/C13H10N2O3/c14-12(16)9-3-1-2-8(6-9)11-5-4-10(7-15-11)13(17)18/h1-7H,(H2,14,16)(H,17,18). The van der Waals surface area contributed by atoms with Gasteiger partial charge in [0.1, 0.15) is 0 Å². The number of primary amides is 1. The fraction of sp³-hybridized carbons (Fsp3) is 0. The molecule has 1 aromatic carbocycles. The Hall–Kier alpha value is -2.69. The van der Waals surface area contributed by atoms with Gasteiger partial charge in [0.05, 0.1) is 11.3 Å². The number of carbonyl (C=O) groups is 2. The first-order chi connectivity index (χ1) is 8.58. The van der Waals surface area contributed by atoms with Crippen molar-refractivity contribution in [3.05, 3.63) is 53.7 Å². The van der Waals surface area contributed by atoms with Crippen molar-refractivity contribution in [1.29, 1.82) is 0 Å². The summed E-state index contributed by atoms with van der Waals surface area (Å²) in [7, 11) is 0. The van der Waals surface area contributed by atoms with E-state index in [1.807, 2.05) is 0 Å². The van der Waals surface area contributed by atoms with Crippen LogP contribution in [0, 0.1) is 0 Å². The van der Waals surface area contributed by atoms with Crippen molar-refractivity contribution < 1.29 is 14.7 Å². The van der Waals surface area contributed by atoms with Crippen molar-refractivity contribution in [2.24, 2.45) is 5.73 Å². The molecule has 90 valence electrons. The van der Waals surface area contributed by atoms with Crippen LogP contribution < -0.4 is 5.73 Å². The highest BCUT2D eigenvalue weighted by molar-refractivity contribution is 5.94. The minimum atomic E-state index is -1.03. The summed E-state index contributed by atoms with van der Waals surface area (Å²) in [5.74, 6) is -1.54. The molecule has 0 bridgehead atoms. The summed E-state index contributed by atoms with van der Waals surface area (Å²) in [6, 6.07) is 9.74. The highest BCUT2D eigenvalue weighted by atomic mass is 16.4. The van der Waals surface area contributed by atoms with Gasteiger partial charge < -0.3 is 10.8 Å². The van der Waals surface area contributed by atoms with E-state index >= 15 is 0 Å². The fourth-order valence-electron chi connectivity index (χ4n) is 1.52. The van der Waals surface area contributed by atoms with E-state index in [1.54, 1.807) is 30.3 Å². The lowest BCUT2D eigenvalue weighted by Gasteiger charge is -2.03. The maximum atomic E-state index is 11.1. The third-order valence-corrected chi connectivity index (χ3v) is 2.45. The number of carboxylic acids is 1. The van der Waals surface area contributed by atoms with Crippen LogP contribution in [0.25, 0.3) is 11.3 Å². The average molecular weight is 242 g/mol. The normalized spacial score (nSPS) is 10.0. The van der Waals surface area contributed by atoms with Gasteiger partial charge in [-0.05, 0) is 24.3 Å². The number of carboxylic acid groups (broad SMARTS) is 1. The second-order valence-corrected chi connectivity index (χ2v) is 3.68. The molecule has 0 aliphatic heterocycles. The molecule has 3 N–H and O–H groups in total. The average Bonchev–Trinajstić information content (AvgIpc) is 2.39. The van der Waals surface area contributed by atoms with Gasteiger partial charge in [-0.2, -0.15) is 0 Å². The molecule has 2 rings (SSSR count). The summed E-state index contributed by atoms with van der Waals surface area (Å²) in [4.78, 5) is 25.8. The molecule has 0 radical (unpaired) electrons. The van der Waals surface area contributed by atoms with E-state index in [1.165, 1.54) is 12.3 Å². The van der Waals surface area contributed by atoms with Crippen molar-refractivity contribution in [3.8, 4) is 11.3 Å². The maximum absolute atomic E-state index is 11.1. The molecule has 18 heavy (non-hydrogen) atoms. The Labute approximate surface area is 103 Å². The molecule has 1 aromatic heterocycles. The highest BCUT2D eigenvalue weighted by Crippen LogP contribution is 2.18. The summed E-state index contributed by atoms with van der Waals surface area (Å²) >= 11 is 0. The zero-order chi connectivity index (χ0) is 13.1. The Morgan fingerprint density at radius 2 is 1.89 bits per heavy atom. The van der Waals surface area contributed by atoms with E-state index in [2.05, 4.69) is 4.98 Å². The van der Waals surface area contributed by atoms with Crippen molar-refractivity contribution in [3.63, 3.8) is 0 Å². The summed E-state index contributed by atoms with van der Waals surface area (Å²) in [6.07, 6.45) is 1.27. The van der Waals surface area contributed by atoms with E-state index in [0.717, 1.165) is 0 Å². The molecule has 0 unspecified atom stereocenters. The van der Waals surface area contributed by atoms with E-state index in [9.17, 15) is 9.59 Å². The van der Waals surface area contributed by atoms with Crippen molar-refractivity contribution in [1.82, 2.24) is 4.98 Å². The highest BCUT2D eigenvalue weighted by Gasteiger charge is 2.06. The van der Waals surface area contributed by atoms with Crippen molar-refractivity contribution >= 4 is 11.9 Å². The lowest BCUT2D eigenvalue weighted by molar-refractivity contribution is 0.0696. The molecule has 0 atom stereocenters. The van der Waals surface area contributed by atoms with Gasteiger partial charge in [0.15, 0.2) is 0 Å². The summed E-state index contributed by atoms with van der Waals surface area (Å²) in [6.45, 7) is 0. The molecular weight excluding hydrogens is 232 g/mol. The number of nitrogens with two attached hydrogens (primary N) is 1. The van der Waals surface area contributed by atoms with Crippen LogP contribution in [0.5, 0.6) is 0 Å². The summed E-state index contributed by atoms with van der Waals surface area (Å²) in [5, 5.41) is 8.76. The van der Waals surface area contributed by atoms with Gasteiger partial charge in [-0.1, -0.05) is 12.1 Å². The van der Waals surface area contributed by atoms with Crippen LogP contribution in [0.4, 0.5) is 0 Å². The molecule has 0 saturated carbocycles. The van der Waals surface area contributed by atoms with Crippen molar-refractivity contribution in [2.75, 3.05) is 0 Å². The van der Waals surface area contributed by atoms with Gasteiger partial charge in [-0.25, -0.2) is 4.79 Å². The monoisotopic (exact) mass is 242 g/mol. The number of amides is 1. The lowest BCUT2D eigenvalue weighted by Crippen LogP contribution is -2.10. The van der Waals surface area contributed by atoms with Crippen LogP contribution in [0.3, 0.4) is 0 Å². The third kappa shape index (κ3) is 2.35. The number of carbonyl (C=O) groups excluding carboxylic acids is 1. The molecule has 1 heterocycles. The summed E-state index contributed by atoms with van der Waals surface area (Å²) in [5.41, 5.74) is 6.99. The molecule has 5 nitrogen and oxygen atoms in total. The maximum Gasteiger partial charge on any atom is 0.337 e. The van der Waals surface area contributed by atoms with Crippen LogP contribution in [-0.2, 0) is 0 Å². The first kappa shape index (κ1) is 11.8. The molecule has 0 aliphatic carbocycles. The third-order valence-electron chi connectivity index (χ3n) is 2.45. The second kappa shape index (κ2) is 4.67. The molecule has 2 aromatic rings. The SMILES string of the molecule is NC(=O)c1cccc(-c2ccc(C(=O)O)cn2)c1. The van der Waals surface area contributed by atoms with Gasteiger partial charge in [0, 0.05) is 17.3 Å². The molecule has 5 heteroatoms. The minimum Gasteiger partial charge on any atom is -0.478 e. The van der Waals surface area contributed by atoms with E-state index in [4.69, 9.17) is 10.8 Å². The number of hydrogen-bond donors (Lipinski definition) is 2. The van der Waals surface area contributed by atoms with Crippen LogP contribution in [0.2, 0.25) is 0 Å². The first-order valence-electron chi connectivity index (χ1n) is 5.17.